The second-order valence-corrected chi connectivity index (χ2v) is 6.17. The molecule has 6 nitrogen and oxygen atoms in total. The van der Waals surface area contributed by atoms with Crippen molar-refractivity contribution >= 4 is 18.0 Å². The summed E-state index contributed by atoms with van der Waals surface area (Å²) in [5.41, 5.74) is 1.23. The molecule has 1 aromatic carbocycles. The quantitative estimate of drug-likeness (QED) is 0.284. The van der Waals surface area contributed by atoms with Gasteiger partial charge in [0.1, 0.15) is 0 Å². The minimum atomic E-state index is -0.385. The van der Waals surface area contributed by atoms with Crippen LogP contribution in [0.5, 0.6) is 11.5 Å². The fraction of sp³-hybridized carbons (Fsp3) is 0.455. The molecule has 0 aliphatic rings. The molecule has 0 saturated heterocycles. The molecule has 0 aliphatic carbocycles. The summed E-state index contributed by atoms with van der Waals surface area (Å²) in [7, 11) is 1.58. The van der Waals surface area contributed by atoms with Crippen LogP contribution in [0.4, 0.5) is 0 Å². The van der Waals surface area contributed by atoms with Gasteiger partial charge in [0, 0.05) is 11.6 Å². The van der Waals surface area contributed by atoms with Gasteiger partial charge in [0.2, 0.25) is 0 Å². The first-order chi connectivity index (χ1) is 13.5. The largest absolute Gasteiger partial charge is 0.493 e. The number of benzene rings is 1. The number of methoxy groups -OCH3 is 1. The molecule has 0 unspecified atom stereocenters. The fourth-order valence-electron chi connectivity index (χ4n) is 2.30. The molecule has 0 radical (unpaired) electrons. The zero-order valence-electron chi connectivity index (χ0n) is 17.0. The second kappa shape index (κ2) is 13.4. The summed E-state index contributed by atoms with van der Waals surface area (Å²) >= 11 is 0. The molecule has 0 atom stereocenters. The lowest BCUT2D eigenvalue weighted by Gasteiger charge is -2.09. The van der Waals surface area contributed by atoms with Crippen LogP contribution < -0.4 is 9.47 Å². The summed E-state index contributed by atoms with van der Waals surface area (Å²) < 4.78 is 20.9. The average Bonchev–Trinajstić information content (AvgIpc) is 2.68. The van der Waals surface area contributed by atoms with Gasteiger partial charge in [-0.05, 0) is 63.3 Å². The number of carbonyl (C=O) groups is 2. The Bertz CT molecular complexity index is 678. The van der Waals surface area contributed by atoms with Crippen LogP contribution in [-0.4, -0.2) is 38.9 Å². The summed E-state index contributed by atoms with van der Waals surface area (Å²) in [6, 6.07) is 5.45. The number of ether oxygens (including phenoxy) is 4. The van der Waals surface area contributed by atoms with Crippen LogP contribution in [0.25, 0.3) is 6.08 Å². The zero-order valence-corrected chi connectivity index (χ0v) is 17.0. The molecule has 28 heavy (non-hydrogen) atoms. The minimum Gasteiger partial charge on any atom is -0.493 e. The van der Waals surface area contributed by atoms with E-state index in [0.717, 1.165) is 31.2 Å². The Kier molecular flexibility index (Phi) is 11.2. The molecule has 0 spiro atoms. The maximum atomic E-state index is 11.8. The van der Waals surface area contributed by atoms with E-state index >= 15 is 0 Å². The van der Waals surface area contributed by atoms with E-state index in [0.29, 0.717) is 36.9 Å². The van der Waals surface area contributed by atoms with Gasteiger partial charge in [-0.1, -0.05) is 12.6 Å². The molecule has 154 valence electrons. The Hall–Kier alpha value is -2.76. The van der Waals surface area contributed by atoms with Gasteiger partial charge in [-0.3, -0.25) is 0 Å². The molecule has 1 aromatic rings. The van der Waals surface area contributed by atoms with Crippen molar-refractivity contribution in [3.8, 4) is 11.5 Å². The monoisotopic (exact) mass is 390 g/mol. The molecule has 0 aromatic heterocycles. The summed E-state index contributed by atoms with van der Waals surface area (Å²) in [5, 5.41) is 0. The lowest BCUT2D eigenvalue weighted by Crippen LogP contribution is -2.06. The maximum absolute atomic E-state index is 11.8. The maximum Gasteiger partial charge on any atom is 0.333 e. The standard InChI is InChI=1S/C22H30O6/c1-5-26-20-16-18(10-12-19(20)25-4)11-13-21(23)27-14-8-6-7-9-15-28-22(24)17(2)3/h10-13,16H,2,5-9,14-15H2,1,3-4H3/b13-11+. The van der Waals surface area contributed by atoms with Gasteiger partial charge in [-0.2, -0.15) is 0 Å². The summed E-state index contributed by atoms with van der Waals surface area (Å²) in [6.45, 7) is 8.33. The normalized spacial score (nSPS) is 10.5. The van der Waals surface area contributed by atoms with Gasteiger partial charge in [0.15, 0.2) is 11.5 Å². The van der Waals surface area contributed by atoms with E-state index in [2.05, 4.69) is 6.58 Å². The Morgan fingerprint density at radius 3 is 2.32 bits per heavy atom. The Morgan fingerprint density at radius 1 is 1.04 bits per heavy atom. The highest BCUT2D eigenvalue weighted by molar-refractivity contribution is 5.87. The number of esters is 2. The highest BCUT2D eigenvalue weighted by atomic mass is 16.5. The summed E-state index contributed by atoms with van der Waals surface area (Å²) in [4.78, 5) is 23.0. The Labute approximate surface area is 167 Å². The predicted octanol–water partition coefficient (Wildman–Crippen LogP) is 4.33. The highest BCUT2D eigenvalue weighted by Crippen LogP contribution is 2.28. The third kappa shape index (κ3) is 9.26. The second-order valence-electron chi connectivity index (χ2n) is 6.17. The Morgan fingerprint density at radius 2 is 1.71 bits per heavy atom. The van der Waals surface area contributed by atoms with Crippen LogP contribution >= 0.6 is 0 Å². The molecule has 0 heterocycles. The number of hydrogen-bond acceptors (Lipinski definition) is 6. The number of rotatable bonds is 13. The SMILES string of the molecule is C=C(C)C(=O)OCCCCCCOC(=O)/C=C/c1ccc(OC)c(OCC)c1. The van der Waals surface area contributed by atoms with E-state index in [1.807, 2.05) is 19.1 Å². The van der Waals surface area contributed by atoms with E-state index in [-0.39, 0.29) is 11.9 Å². The van der Waals surface area contributed by atoms with Gasteiger partial charge in [0.05, 0.1) is 26.9 Å². The third-order valence-corrected chi connectivity index (χ3v) is 3.76. The van der Waals surface area contributed by atoms with E-state index in [1.165, 1.54) is 6.08 Å². The van der Waals surface area contributed by atoms with Crippen LogP contribution in [0, 0.1) is 0 Å². The third-order valence-electron chi connectivity index (χ3n) is 3.76. The fourth-order valence-corrected chi connectivity index (χ4v) is 2.30. The molecule has 0 fully saturated rings. The number of carbonyl (C=O) groups excluding carboxylic acids is 2. The van der Waals surface area contributed by atoms with Crippen molar-refractivity contribution in [2.45, 2.75) is 39.5 Å². The van der Waals surface area contributed by atoms with Crippen molar-refractivity contribution in [1.29, 1.82) is 0 Å². The molecule has 1 rings (SSSR count). The first-order valence-electron chi connectivity index (χ1n) is 9.46. The van der Waals surface area contributed by atoms with Crippen LogP contribution in [0.2, 0.25) is 0 Å². The van der Waals surface area contributed by atoms with Crippen molar-refractivity contribution in [2.24, 2.45) is 0 Å². The lowest BCUT2D eigenvalue weighted by atomic mass is 10.2. The van der Waals surface area contributed by atoms with Crippen molar-refractivity contribution < 1.29 is 28.5 Å². The Balaban J connectivity index is 2.23. The van der Waals surface area contributed by atoms with E-state index in [1.54, 1.807) is 26.2 Å². The van der Waals surface area contributed by atoms with Gasteiger partial charge in [-0.15, -0.1) is 0 Å². The molecule has 0 saturated carbocycles. The molecule has 0 aliphatic heterocycles. The zero-order chi connectivity index (χ0) is 20.8. The predicted molar refractivity (Wildman–Crippen MR) is 108 cm³/mol. The first-order valence-corrected chi connectivity index (χ1v) is 9.46. The van der Waals surface area contributed by atoms with Crippen molar-refractivity contribution in [3.63, 3.8) is 0 Å². The topological polar surface area (TPSA) is 71.1 Å². The van der Waals surface area contributed by atoms with Gasteiger partial charge in [-0.25, -0.2) is 9.59 Å². The minimum absolute atomic E-state index is 0.356. The van der Waals surface area contributed by atoms with Gasteiger partial charge >= 0.3 is 11.9 Å². The molecular weight excluding hydrogens is 360 g/mol. The van der Waals surface area contributed by atoms with Crippen molar-refractivity contribution in [1.82, 2.24) is 0 Å². The van der Waals surface area contributed by atoms with Gasteiger partial charge < -0.3 is 18.9 Å². The van der Waals surface area contributed by atoms with E-state index < -0.39 is 0 Å². The number of unbranched alkanes of at least 4 members (excludes halogenated alkanes) is 3. The molecule has 6 heteroatoms. The van der Waals surface area contributed by atoms with Crippen molar-refractivity contribution in [3.05, 3.63) is 42.0 Å². The highest BCUT2D eigenvalue weighted by Gasteiger charge is 2.05. The smallest absolute Gasteiger partial charge is 0.333 e. The molecule has 0 N–H and O–H groups in total. The van der Waals surface area contributed by atoms with Crippen molar-refractivity contribution in [2.75, 3.05) is 26.9 Å². The van der Waals surface area contributed by atoms with Crippen LogP contribution in [0.15, 0.2) is 36.4 Å². The number of hydrogen-bond donors (Lipinski definition) is 0. The molecular formula is C22H30O6. The van der Waals surface area contributed by atoms with E-state index in [9.17, 15) is 9.59 Å². The van der Waals surface area contributed by atoms with Crippen LogP contribution in [0.1, 0.15) is 45.1 Å². The molecule has 0 amide bonds. The lowest BCUT2D eigenvalue weighted by molar-refractivity contribution is -0.139. The first kappa shape index (κ1) is 23.3. The summed E-state index contributed by atoms with van der Waals surface area (Å²) in [5.74, 6) is 0.542. The van der Waals surface area contributed by atoms with Crippen LogP contribution in [-0.2, 0) is 19.1 Å². The average molecular weight is 390 g/mol. The summed E-state index contributed by atoms with van der Waals surface area (Å²) in [6.07, 6.45) is 6.44. The van der Waals surface area contributed by atoms with Crippen LogP contribution in [0.3, 0.4) is 0 Å². The van der Waals surface area contributed by atoms with Gasteiger partial charge in [0.25, 0.3) is 0 Å². The molecule has 0 bridgehead atoms. The van der Waals surface area contributed by atoms with E-state index in [4.69, 9.17) is 18.9 Å².